The molecule has 0 spiro atoms. The van der Waals surface area contributed by atoms with E-state index in [1.165, 1.54) is 0 Å². The molecule has 0 heterocycles. The lowest BCUT2D eigenvalue weighted by Gasteiger charge is -2.50. The smallest absolute Gasteiger partial charge is 0.307 e. The van der Waals surface area contributed by atoms with Gasteiger partial charge >= 0.3 is 5.97 Å². The number of carboxylic acid groups (broad SMARTS) is 1. The average Bonchev–Trinajstić information content (AvgIpc) is 2.55. The van der Waals surface area contributed by atoms with Gasteiger partial charge in [-0.2, -0.15) is 0 Å². The molecule has 0 rings (SSSR count). The number of nitrogens with one attached hydrogen (secondary N) is 1. The fraction of sp³-hybridized carbons (Fsp3) is 0.852. The van der Waals surface area contributed by atoms with Crippen LogP contribution in [-0.2, 0) is 9.59 Å². The van der Waals surface area contributed by atoms with Gasteiger partial charge in [0.2, 0.25) is 5.91 Å². The zero-order valence-electron chi connectivity index (χ0n) is 22.9. The molecule has 0 aromatic rings. The van der Waals surface area contributed by atoms with Crippen LogP contribution in [0, 0.1) is 27.6 Å². The lowest BCUT2D eigenvalue weighted by molar-refractivity contribution is -0.144. The van der Waals surface area contributed by atoms with Crippen molar-refractivity contribution in [2.45, 2.75) is 94.4 Å². The van der Waals surface area contributed by atoms with Gasteiger partial charge in [0.1, 0.15) is 0 Å². The van der Waals surface area contributed by atoms with Gasteiger partial charge in [-0.15, -0.1) is 0 Å². The molecule has 0 saturated carbocycles. The normalized spacial score (nSPS) is 14.4. The van der Waals surface area contributed by atoms with E-state index < -0.39 is 11.9 Å². The second kappa shape index (κ2) is 11.7. The summed E-state index contributed by atoms with van der Waals surface area (Å²) in [6.45, 7) is 26.3. The molecule has 0 fully saturated rings. The van der Waals surface area contributed by atoms with Crippen molar-refractivity contribution in [3.63, 3.8) is 0 Å². The van der Waals surface area contributed by atoms with Crippen LogP contribution < -0.4 is 5.32 Å². The van der Waals surface area contributed by atoms with E-state index in [1.807, 2.05) is 14.1 Å². The largest absolute Gasteiger partial charge is 0.481 e. The molecule has 1 unspecified atom stereocenters. The third-order valence-electron chi connectivity index (χ3n) is 7.86. The molecule has 0 bridgehead atoms. The first-order valence-electron chi connectivity index (χ1n) is 12.0. The number of rotatable bonds is 14. The molecule has 0 aliphatic heterocycles. The van der Waals surface area contributed by atoms with Crippen molar-refractivity contribution in [1.82, 2.24) is 10.2 Å². The minimum atomic E-state index is -0.930. The van der Waals surface area contributed by atoms with Crippen molar-refractivity contribution in [2.24, 2.45) is 27.6 Å². The molecule has 1 amide bonds. The van der Waals surface area contributed by atoms with E-state index in [1.54, 1.807) is 0 Å². The second-order valence-corrected chi connectivity index (χ2v) is 13.0. The van der Waals surface area contributed by atoms with E-state index in [0.717, 1.165) is 31.4 Å². The van der Waals surface area contributed by atoms with E-state index >= 15 is 0 Å². The Bertz CT molecular complexity index is 640. The Labute approximate surface area is 198 Å². The lowest BCUT2D eigenvalue weighted by Crippen LogP contribution is -2.41. The van der Waals surface area contributed by atoms with Gasteiger partial charge < -0.3 is 15.3 Å². The van der Waals surface area contributed by atoms with Gasteiger partial charge in [0.05, 0.1) is 5.92 Å². The first-order chi connectivity index (χ1) is 14.2. The number of nitrogens with zero attached hydrogens (tertiary/aromatic N) is 1. The van der Waals surface area contributed by atoms with Crippen molar-refractivity contribution in [2.75, 3.05) is 27.2 Å². The molecule has 32 heavy (non-hydrogen) atoms. The van der Waals surface area contributed by atoms with Crippen molar-refractivity contribution in [3.05, 3.63) is 12.2 Å². The van der Waals surface area contributed by atoms with E-state index in [4.69, 9.17) is 0 Å². The summed E-state index contributed by atoms with van der Waals surface area (Å²) in [6.07, 6.45) is 2.98. The number of carbonyl (C=O) groups is 2. The Hall–Kier alpha value is -1.36. The molecular formula is C27H52N2O3. The van der Waals surface area contributed by atoms with Crippen LogP contribution >= 0.6 is 0 Å². The first-order valence-corrected chi connectivity index (χ1v) is 12.0. The highest BCUT2D eigenvalue weighted by atomic mass is 16.4. The second-order valence-electron chi connectivity index (χ2n) is 13.0. The number of allylic oxidation sites excluding steroid dienone is 1. The third kappa shape index (κ3) is 10.1. The number of carboxylic acids is 1. The topological polar surface area (TPSA) is 69.6 Å². The summed E-state index contributed by atoms with van der Waals surface area (Å²) in [6, 6.07) is 0. The highest BCUT2D eigenvalue weighted by Crippen LogP contribution is 2.54. The molecule has 0 aliphatic carbocycles. The van der Waals surface area contributed by atoms with Crippen molar-refractivity contribution < 1.29 is 14.7 Å². The summed E-state index contributed by atoms with van der Waals surface area (Å²) in [7, 11) is 3.97. The zero-order chi connectivity index (χ0) is 25.5. The van der Waals surface area contributed by atoms with Crippen LogP contribution in [0.2, 0.25) is 0 Å². The van der Waals surface area contributed by atoms with Gasteiger partial charge in [-0.3, -0.25) is 9.59 Å². The first kappa shape index (κ1) is 30.6. The average molecular weight is 453 g/mol. The highest BCUT2D eigenvalue weighted by molar-refractivity contribution is 5.82. The molecule has 0 aromatic carbocycles. The number of aliphatic carboxylic acids is 1. The summed E-state index contributed by atoms with van der Waals surface area (Å²) < 4.78 is 0. The third-order valence-corrected chi connectivity index (χ3v) is 7.86. The Morgan fingerprint density at radius 3 is 1.88 bits per heavy atom. The molecule has 5 heteroatoms. The summed E-state index contributed by atoms with van der Waals surface area (Å²) in [4.78, 5) is 26.1. The van der Waals surface area contributed by atoms with Gasteiger partial charge in [-0.1, -0.05) is 74.5 Å². The monoisotopic (exact) mass is 452 g/mol. The van der Waals surface area contributed by atoms with Crippen LogP contribution in [0.1, 0.15) is 94.4 Å². The maximum atomic E-state index is 12.3. The Balaban J connectivity index is 5.04. The van der Waals surface area contributed by atoms with E-state index in [-0.39, 0.29) is 34.0 Å². The Morgan fingerprint density at radius 2 is 1.44 bits per heavy atom. The number of carbonyl (C=O) groups excluding carboxylic acids is 1. The standard InChI is InChI=1S/C27H52N2O3/c1-20(16-21(23(31)32)17-22(30)28-14-13-15-29(11)12)18-25(5,6)27(9,10)19-26(7,8)24(2,3)4/h21H,1,13-19H2,2-12H3,(H,28,30)(H,31,32). The van der Waals surface area contributed by atoms with Gasteiger partial charge in [-0.05, 0) is 68.0 Å². The molecule has 0 aromatic heterocycles. The fourth-order valence-corrected chi connectivity index (χ4v) is 4.06. The molecule has 0 saturated heterocycles. The SMILES string of the molecule is C=C(CC(CC(=O)NCCCN(C)C)C(=O)O)CC(C)(C)C(C)(C)CC(C)(C)C(C)(C)C. The minimum absolute atomic E-state index is 0.00278. The summed E-state index contributed by atoms with van der Waals surface area (Å²) in [5, 5.41) is 12.5. The molecule has 0 radical (unpaired) electrons. The maximum absolute atomic E-state index is 12.3. The zero-order valence-corrected chi connectivity index (χ0v) is 22.9. The van der Waals surface area contributed by atoms with Gasteiger partial charge in [0, 0.05) is 13.0 Å². The number of hydrogen-bond acceptors (Lipinski definition) is 3. The van der Waals surface area contributed by atoms with E-state index in [2.05, 4.69) is 79.1 Å². The summed E-state index contributed by atoms with van der Waals surface area (Å²) in [5.74, 6) is -1.86. The van der Waals surface area contributed by atoms with Gasteiger partial charge in [-0.25, -0.2) is 0 Å². The predicted octanol–water partition coefficient (Wildman–Crippen LogP) is 6.00. The number of amides is 1. The highest BCUT2D eigenvalue weighted by Gasteiger charge is 2.44. The fourth-order valence-electron chi connectivity index (χ4n) is 4.06. The van der Waals surface area contributed by atoms with Crippen LogP contribution in [0.3, 0.4) is 0 Å². The lowest BCUT2D eigenvalue weighted by atomic mass is 9.55. The van der Waals surface area contributed by atoms with Crippen molar-refractivity contribution in [1.29, 1.82) is 0 Å². The van der Waals surface area contributed by atoms with Crippen LogP contribution in [-0.4, -0.2) is 49.1 Å². The van der Waals surface area contributed by atoms with Crippen LogP contribution in [0.4, 0.5) is 0 Å². The van der Waals surface area contributed by atoms with Gasteiger partial charge in [0.15, 0.2) is 0 Å². The molecule has 188 valence electrons. The van der Waals surface area contributed by atoms with Crippen LogP contribution in [0.5, 0.6) is 0 Å². The van der Waals surface area contributed by atoms with Gasteiger partial charge in [0.25, 0.3) is 0 Å². The van der Waals surface area contributed by atoms with Crippen LogP contribution in [0.25, 0.3) is 0 Å². The maximum Gasteiger partial charge on any atom is 0.307 e. The number of hydrogen-bond donors (Lipinski definition) is 2. The Morgan fingerprint density at radius 1 is 0.906 bits per heavy atom. The molecule has 1 atom stereocenters. The molecule has 0 aliphatic rings. The van der Waals surface area contributed by atoms with Crippen molar-refractivity contribution in [3.8, 4) is 0 Å². The van der Waals surface area contributed by atoms with Crippen LogP contribution in [0.15, 0.2) is 12.2 Å². The summed E-state index contributed by atoms with van der Waals surface area (Å²) in [5.41, 5.74) is 1.23. The Kier molecular flexibility index (Phi) is 11.2. The predicted molar refractivity (Wildman–Crippen MR) is 136 cm³/mol. The minimum Gasteiger partial charge on any atom is -0.481 e. The molecular weight excluding hydrogens is 400 g/mol. The van der Waals surface area contributed by atoms with Crippen molar-refractivity contribution >= 4 is 11.9 Å². The van der Waals surface area contributed by atoms with E-state index in [9.17, 15) is 14.7 Å². The molecule has 2 N–H and O–H groups in total. The van der Waals surface area contributed by atoms with E-state index in [0.29, 0.717) is 13.0 Å². The quantitative estimate of drug-likeness (QED) is 0.251. The summed E-state index contributed by atoms with van der Waals surface area (Å²) >= 11 is 0. The molecule has 5 nitrogen and oxygen atoms in total.